The number of nitrogens with zero attached hydrogens (tertiary/aromatic N) is 1. The Balaban J connectivity index is 0. The highest BCUT2D eigenvalue weighted by molar-refractivity contribution is 4.53. The summed E-state index contributed by atoms with van der Waals surface area (Å²) in [4.78, 5) is 2.54. The van der Waals surface area contributed by atoms with Crippen molar-refractivity contribution in [1.29, 1.82) is 0 Å². The maximum Gasteiger partial charge on any atom is -0.00179 e. The van der Waals surface area contributed by atoms with Crippen molar-refractivity contribution in [3.8, 4) is 0 Å². The van der Waals surface area contributed by atoms with E-state index in [1.54, 1.807) is 0 Å². The summed E-state index contributed by atoms with van der Waals surface area (Å²) in [6.45, 7) is 14.5. The lowest BCUT2D eigenvalue weighted by molar-refractivity contribution is 0.275. The summed E-state index contributed by atoms with van der Waals surface area (Å²) in [5, 5.41) is 0. The molecule has 88 valence electrons. The SMILES string of the molecule is CC(C)N.CCCN(CCC)CCC. The molecule has 0 unspecified atom stereocenters. The van der Waals surface area contributed by atoms with Crippen LogP contribution >= 0.6 is 0 Å². The van der Waals surface area contributed by atoms with Crippen molar-refractivity contribution < 1.29 is 0 Å². The highest BCUT2D eigenvalue weighted by Crippen LogP contribution is 1.94. The summed E-state index contributed by atoms with van der Waals surface area (Å²) in [5.41, 5.74) is 5.11. The molecule has 0 amide bonds. The van der Waals surface area contributed by atoms with Crippen LogP contribution in [0.3, 0.4) is 0 Å². The predicted molar refractivity (Wildman–Crippen MR) is 66.6 cm³/mol. The second-order valence-corrected chi connectivity index (χ2v) is 4.09. The van der Waals surface area contributed by atoms with Crippen LogP contribution in [0, 0.1) is 0 Å². The summed E-state index contributed by atoms with van der Waals surface area (Å²) >= 11 is 0. The lowest BCUT2D eigenvalue weighted by Gasteiger charge is -2.19. The van der Waals surface area contributed by atoms with E-state index in [2.05, 4.69) is 25.7 Å². The van der Waals surface area contributed by atoms with E-state index in [-0.39, 0.29) is 0 Å². The second-order valence-electron chi connectivity index (χ2n) is 4.09. The zero-order valence-electron chi connectivity index (χ0n) is 10.8. The molecule has 0 fully saturated rings. The molecule has 0 aliphatic carbocycles. The Morgan fingerprint density at radius 2 is 1.07 bits per heavy atom. The standard InChI is InChI=1S/C9H21N.C3H9N/c1-4-7-10(8-5-2)9-6-3;1-3(2)4/h4-9H2,1-3H3;3H,4H2,1-2H3. The van der Waals surface area contributed by atoms with Gasteiger partial charge in [0.05, 0.1) is 0 Å². The summed E-state index contributed by atoms with van der Waals surface area (Å²) in [6.07, 6.45) is 3.88. The Morgan fingerprint density at radius 1 is 0.857 bits per heavy atom. The second kappa shape index (κ2) is 12.9. The molecule has 0 aromatic carbocycles. The molecule has 0 bridgehead atoms. The molecule has 14 heavy (non-hydrogen) atoms. The predicted octanol–water partition coefficient (Wildman–Crippen LogP) is 2.87. The number of hydrogen-bond acceptors (Lipinski definition) is 2. The molecule has 0 rings (SSSR count). The van der Waals surface area contributed by atoms with Crippen molar-refractivity contribution in [2.75, 3.05) is 19.6 Å². The van der Waals surface area contributed by atoms with E-state index in [1.807, 2.05) is 13.8 Å². The smallest absolute Gasteiger partial charge is 0.00179 e. The third-order valence-corrected chi connectivity index (χ3v) is 1.62. The van der Waals surface area contributed by atoms with E-state index in [1.165, 1.54) is 38.9 Å². The van der Waals surface area contributed by atoms with Gasteiger partial charge in [0.25, 0.3) is 0 Å². The fraction of sp³-hybridized carbons (Fsp3) is 1.00. The lowest BCUT2D eigenvalue weighted by atomic mass is 10.3. The van der Waals surface area contributed by atoms with E-state index in [0.29, 0.717) is 6.04 Å². The average molecular weight is 202 g/mol. The molecule has 0 atom stereocenters. The molecule has 0 saturated carbocycles. The highest BCUT2D eigenvalue weighted by atomic mass is 15.1. The molecule has 0 aliphatic heterocycles. The number of hydrogen-bond donors (Lipinski definition) is 1. The molecule has 0 saturated heterocycles. The monoisotopic (exact) mass is 202 g/mol. The molecule has 2 nitrogen and oxygen atoms in total. The van der Waals surface area contributed by atoms with Crippen LogP contribution in [-0.2, 0) is 0 Å². The van der Waals surface area contributed by atoms with Crippen molar-refractivity contribution >= 4 is 0 Å². The van der Waals surface area contributed by atoms with Gasteiger partial charge in [-0.1, -0.05) is 34.6 Å². The van der Waals surface area contributed by atoms with Crippen molar-refractivity contribution in [3.63, 3.8) is 0 Å². The fourth-order valence-corrected chi connectivity index (χ4v) is 1.28. The molecule has 0 radical (unpaired) electrons. The first-order chi connectivity index (χ1) is 6.58. The van der Waals surface area contributed by atoms with Crippen LogP contribution in [0.5, 0.6) is 0 Å². The van der Waals surface area contributed by atoms with Gasteiger partial charge in [-0.05, 0) is 44.9 Å². The van der Waals surface area contributed by atoms with Gasteiger partial charge in [-0.15, -0.1) is 0 Å². The van der Waals surface area contributed by atoms with Crippen LogP contribution < -0.4 is 5.73 Å². The van der Waals surface area contributed by atoms with Gasteiger partial charge >= 0.3 is 0 Å². The van der Waals surface area contributed by atoms with Gasteiger partial charge in [-0.25, -0.2) is 0 Å². The van der Waals surface area contributed by atoms with Crippen LogP contribution in [-0.4, -0.2) is 30.6 Å². The minimum atomic E-state index is 0.333. The Hall–Kier alpha value is -0.0800. The van der Waals surface area contributed by atoms with Crippen LogP contribution in [0.2, 0.25) is 0 Å². The zero-order valence-corrected chi connectivity index (χ0v) is 10.8. The maximum absolute atomic E-state index is 5.11. The lowest BCUT2D eigenvalue weighted by Crippen LogP contribution is -2.25. The van der Waals surface area contributed by atoms with Crippen molar-refractivity contribution in [3.05, 3.63) is 0 Å². The van der Waals surface area contributed by atoms with Gasteiger partial charge < -0.3 is 10.6 Å². The molecule has 0 spiro atoms. The highest BCUT2D eigenvalue weighted by Gasteiger charge is 1.98. The summed E-state index contributed by atoms with van der Waals surface area (Å²) in [7, 11) is 0. The topological polar surface area (TPSA) is 29.3 Å². The van der Waals surface area contributed by atoms with Gasteiger partial charge in [0.15, 0.2) is 0 Å². The zero-order chi connectivity index (χ0) is 11.4. The third kappa shape index (κ3) is 17.9. The fourth-order valence-electron chi connectivity index (χ4n) is 1.28. The van der Waals surface area contributed by atoms with Crippen molar-refractivity contribution in [1.82, 2.24) is 4.90 Å². The summed E-state index contributed by atoms with van der Waals surface area (Å²) in [6, 6.07) is 0.333. The van der Waals surface area contributed by atoms with Gasteiger partial charge in [0.1, 0.15) is 0 Å². The molecule has 2 heteroatoms. The van der Waals surface area contributed by atoms with Crippen molar-refractivity contribution in [2.24, 2.45) is 5.73 Å². The molecule has 2 N–H and O–H groups in total. The number of rotatable bonds is 6. The first-order valence-electron chi connectivity index (χ1n) is 6.06. The third-order valence-electron chi connectivity index (χ3n) is 1.62. The van der Waals surface area contributed by atoms with Gasteiger partial charge in [-0.2, -0.15) is 0 Å². The average Bonchev–Trinajstić information content (AvgIpc) is 2.04. The van der Waals surface area contributed by atoms with Crippen LogP contribution in [0.1, 0.15) is 53.9 Å². The Bertz CT molecular complexity index is 75.3. The Kier molecular flexibility index (Phi) is 15.1. The molecular formula is C12H30N2. The quantitative estimate of drug-likeness (QED) is 0.717. The number of nitrogens with two attached hydrogens (primary N) is 1. The molecule has 0 aromatic heterocycles. The van der Waals surface area contributed by atoms with Crippen LogP contribution in [0.15, 0.2) is 0 Å². The minimum Gasteiger partial charge on any atom is -0.328 e. The summed E-state index contributed by atoms with van der Waals surface area (Å²) in [5.74, 6) is 0. The van der Waals surface area contributed by atoms with Gasteiger partial charge in [0.2, 0.25) is 0 Å². The largest absolute Gasteiger partial charge is 0.328 e. The van der Waals surface area contributed by atoms with E-state index in [9.17, 15) is 0 Å². The maximum atomic E-state index is 5.11. The van der Waals surface area contributed by atoms with E-state index >= 15 is 0 Å². The minimum absolute atomic E-state index is 0.333. The molecular weight excluding hydrogens is 172 g/mol. The van der Waals surface area contributed by atoms with Gasteiger partial charge in [0, 0.05) is 0 Å². The van der Waals surface area contributed by atoms with Crippen molar-refractivity contribution in [2.45, 2.75) is 59.9 Å². The van der Waals surface area contributed by atoms with E-state index in [4.69, 9.17) is 5.73 Å². The van der Waals surface area contributed by atoms with Crippen LogP contribution in [0.4, 0.5) is 0 Å². The molecule has 0 aromatic rings. The molecule has 0 heterocycles. The normalized spacial score (nSPS) is 10.3. The molecule has 0 aliphatic rings. The first kappa shape index (κ1) is 16.4. The Labute approximate surface area is 90.9 Å². The Morgan fingerprint density at radius 3 is 1.21 bits per heavy atom. The first-order valence-corrected chi connectivity index (χ1v) is 6.06. The van der Waals surface area contributed by atoms with Gasteiger partial charge in [-0.3, -0.25) is 0 Å². The summed E-state index contributed by atoms with van der Waals surface area (Å²) < 4.78 is 0. The van der Waals surface area contributed by atoms with E-state index in [0.717, 1.165) is 0 Å². The van der Waals surface area contributed by atoms with Crippen LogP contribution in [0.25, 0.3) is 0 Å². The van der Waals surface area contributed by atoms with E-state index < -0.39 is 0 Å².